The summed E-state index contributed by atoms with van der Waals surface area (Å²) in [5.41, 5.74) is 1.32. The van der Waals surface area contributed by atoms with Gasteiger partial charge in [-0.15, -0.1) is 0 Å². The number of carbonyl (C=O) groups excluding carboxylic acids is 3. The number of pyridine rings is 1. The molecule has 0 saturated heterocycles. The van der Waals surface area contributed by atoms with Crippen molar-refractivity contribution in [3.63, 3.8) is 0 Å². The summed E-state index contributed by atoms with van der Waals surface area (Å²) in [7, 11) is 1.27. The van der Waals surface area contributed by atoms with E-state index in [-0.39, 0.29) is 12.3 Å². The average Bonchev–Trinajstić information content (AvgIpc) is 2.80. The molecule has 0 atom stereocenters. The molecule has 2 rings (SSSR count). The lowest BCUT2D eigenvalue weighted by Crippen LogP contribution is -2.04. The number of nitrogens with zero attached hydrogens (tertiary/aromatic N) is 2. The van der Waals surface area contributed by atoms with Gasteiger partial charge in [-0.05, 0) is 12.1 Å². The first-order chi connectivity index (χ1) is 9.56. The first-order valence-electron chi connectivity index (χ1n) is 5.74. The number of carbonyl (C=O) groups is 3. The highest BCUT2D eigenvalue weighted by molar-refractivity contribution is 5.89. The molecule has 7 nitrogen and oxygen atoms in total. The number of esters is 2. The summed E-state index contributed by atoms with van der Waals surface area (Å²) in [4.78, 5) is 37.6. The first kappa shape index (κ1) is 13.7. The van der Waals surface area contributed by atoms with Gasteiger partial charge < -0.3 is 9.47 Å². The lowest BCUT2D eigenvalue weighted by Gasteiger charge is -2.01. The van der Waals surface area contributed by atoms with Crippen LogP contribution >= 0.6 is 0 Å². The van der Waals surface area contributed by atoms with Gasteiger partial charge in [0.2, 0.25) is 0 Å². The summed E-state index contributed by atoms with van der Waals surface area (Å²) in [6.45, 7) is 1.17. The minimum absolute atomic E-state index is 0.0986. The van der Waals surface area contributed by atoms with Crippen molar-refractivity contribution in [3.05, 3.63) is 35.3 Å². The molecular weight excluding hydrogens is 264 g/mol. The quantitative estimate of drug-likeness (QED) is 0.611. The second-order valence-corrected chi connectivity index (χ2v) is 3.98. The van der Waals surface area contributed by atoms with Gasteiger partial charge in [0.15, 0.2) is 6.29 Å². The summed E-state index contributed by atoms with van der Waals surface area (Å²) in [6, 6.07) is 3.12. The van der Waals surface area contributed by atoms with E-state index in [2.05, 4.69) is 9.72 Å². The molecule has 2 heterocycles. The van der Waals surface area contributed by atoms with Gasteiger partial charge in [0.25, 0.3) is 0 Å². The summed E-state index contributed by atoms with van der Waals surface area (Å²) in [6.07, 6.45) is 2.05. The summed E-state index contributed by atoms with van der Waals surface area (Å²) >= 11 is 0. The van der Waals surface area contributed by atoms with Crippen molar-refractivity contribution in [2.24, 2.45) is 0 Å². The van der Waals surface area contributed by atoms with Crippen molar-refractivity contribution in [2.45, 2.75) is 13.5 Å². The van der Waals surface area contributed by atoms with Crippen LogP contribution in [-0.4, -0.2) is 34.7 Å². The van der Waals surface area contributed by atoms with E-state index in [1.54, 1.807) is 12.1 Å². The Morgan fingerprint density at radius 3 is 2.75 bits per heavy atom. The summed E-state index contributed by atoms with van der Waals surface area (Å²) < 4.78 is 10.9. The number of aromatic nitrogens is 2. The smallest absolute Gasteiger partial charge is 0.339 e. The Labute approximate surface area is 114 Å². The first-order valence-corrected chi connectivity index (χ1v) is 5.74. The molecule has 0 unspecified atom stereocenters. The molecule has 0 saturated carbocycles. The molecule has 0 bridgehead atoms. The third-order valence-electron chi connectivity index (χ3n) is 2.68. The number of fused-ring (bicyclic) bond motifs is 1. The summed E-state index contributed by atoms with van der Waals surface area (Å²) in [5.74, 6) is -0.979. The second-order valence-electron chi connectivity index (χ2n) is 3.98. The molecule has 0 aromatic carbocycles. The molecular formula is C13H12N2O5. The fourth-order valence-electron chi connectivity index (χ4n) is 1.75. The fraction of sp³-hybridized carbons (Fsp3) is 0.231. The average molecular weight is 276 g/mol. The Bertz CT molecular complexity index is 689. The van der Waals surface area contributed by atoms with Crippen LogP contribution in [0.2, 0.25) is 0 Å². The standard InChI is InChI=1S/C13H12N2O5/c1-8(17)20-7-10-11(6-16)15-5-9(13(18)19-2)3-4-12(15)14-10/h3-6H,7H2,1-2H3. The highest BCUT2D eigenvalue weighted by Gasteiger charge is 2.15. The van der Waals surface area contributed by atoms with Gasteiger partial charge in [0.1, 0.15) is 23.6 Å². The highest BCUT2D eigenvalue weighted by atomic mass is 16.5. The molecule has 0 N–H and O–H groups in total. The molecule has 0 aliphatic carbocycles. The maximum absolute atomic E-state index is 11.5. The van der Waals surface area contributed by atoms with Gasteiger partial charge >= 0.3 is 11.9 Å². The van der Waals surface area contributed by atoms with Crippen LogP contribution in [0.4, 0.5) is 0 Å². The van der Waals surface area contributed by atoms with Gasteiger partial charge in [0.05, 0.1) is 12.7 Å². The molecule has 20 heavy (non-hydrogen) atoms. The third kappa shape index (κ3) is 2.51. The molecule has 0 spiro atoms. The van der Waals surface area contributed by atoms with Gasteiger partial charge in [-0.1, -0.05) is 0 Å². The normalized spacial score (nSPS) is 10.3. The zero-order valence-electron chi connectivity index (χ0n) is 11.0. The maximum atomic E-state index is 11.5. The van der Waals surface area contributed by atoms with E-state index in [1.165, 1.54) is 24.6 Å². The van der Waals surface area contributed by atoms with Gasteiger partial charge in [-0.25, -0.2) is 9.78 Å². The number of imidazole rings is 1. The molecule has 7 heteroatoms. The van der Waals surface area contributed by atoms with Crippen LogP contribution in [0.1, 0.15) is 33.5 Å². The zero-order chi connectivity index (χ0) is 14.7. The molecule has 0 amide bonds. The van der Waals surface area contributed by atoms with Crippen LogP contribution < -0.4 is 0 Å². The van der Waals surface area contributed by atoms with E-state index in [0.717, 1.165) is 0 Å². The van der Waals surface area contributed by atoms with Crippen LogP contribution in [0.25, 0.3) is 5.65 Å². The van der Waals surface area contributed by atoms with Crippen molar-refractivity contribution in [1.82, 2.24) is 9.38 Å². The van der Waals surface area contributed by atoms with Crippen molar-refractivity contribution < 1.29 is 23.9 Å². The molecule has 2 aromatic heterocycles. The highest BCUT2D eigenvalue weighted by Crippen LogP contribution is 2.14. The molecule has 0 aliphatic rings. The van der Waals surface area contributed by atoms with Crippen molar-refractivity contribution in [1.29, 1.82) is 0 Å². The third-order valence-corrected chi connectivity index (χ3v) is 2.68. The number of rotatable bonds is 4. The van der Waals surface area contributed by atoms with Crippen LogP contribution in [0.5, 0.6) is 0 Å². The predicted octanol–water partition coefficient (Wildman–Crippen LogP) is 0.996. The van der Waals surface area contributed by atoms with E-state index in [0.29, 0.717) is 23.2 Å². The number of aldehydes is 1. The van der Waals surface area contributed by atoms with Crippen LogP contribution in [0, 0.1) is 0 Å². The largest absolute Gasteiger partial charge is 0.465 e. The van der Waals surface area contributed by atoms with Gasteiger partial charge in [0, 0.05) is 13.1 Å². The van der Waals surface area contributed by atoms with Crippen LogP contribution in [-0.2, 0) is 20.9 Å². The minimum Gasteiger partial charge on any atom is -0.465 e. The molecule has 0 fully saturated rings. The van der Waals surface area contributed by atoms with Gasteiger partial charge in [-0.3, -0.25) is 14.0 Å². The molecule has 104 valence electrons. The van der Waals surface area contributed by atoms with E-state index in [9.17, 15) is 14.4 Å². The Hall–Kier alpha value is -2.70. The van der Waals surface area contributed by atoms with Crippen molar-refractivity contribution in [2.75, 3.05) is 7.11 Å². The van der Waals surface area contributed by atoms with Gasteiger partial charge in [-0.2, -0.15) is 0 Å². The lowest BCUT2D eigenvalue weighted by molar-refractivity contribution is -0.142. The van der Waals surface area contributed by atoms with E-state index in [4.69, 9.17) is 4.74 Å². The minimum atomic E-state index is -0.515. The SMILES string of the molecule is COC(=O)c1ccc2nc(COC(C)=O)c(C=O)n2c1. The maximum Gasteiger partial charge on any atom is 0.339 e. The molecule has 0 radical (unpaired) electrons. The van der Waals surface area contributed by atoms with Crippen LogP contribution in [0.3, 0.4) is 0 Å². The zero-order valence-corrected chi connectivity index (χ0v) is 11.0. The molecule has 2 aromatic rings. The Kier molecular flexibility index (Phi) is 3.79. The van der Waals surface area contributed by atoms with E-state index < -0.39 is 11.9 Å². The predicted molar refractivity (Wildman–Crippen MR) is 67.4 cm³/mol. The number of methoxy groups -OCH3 is 1. The van der Waals surface area contributed by atoms with Crippen molar-refractivity contribution >= 4 is 23.9 Å². The Morgan fingerprint density at radius 2 is 2.15 bits per heavy atom. The molecule has 0 aliphatic heterocycles. The van der Waals surface area contributed by atoms with E-state index in [1.807, 2.05) is 0 Å². The van der Waals surface area contributed by atoms with Crippen molar-refractivity contribution in [3.8, 4) is 0 Å². The van der Waals surface area contributed by atoms with Crippen LogP contribution in [0.15, 0.2) is 18.3 Å². The van der Waals surface area contributed by atoms with E-state index >= 15 is 0 Å². The monoisotopic (exact) mass is 276 g/mol. The Balaban J connectivity index is 2.49. The lowest BCUT2D eigenvalue weighted by atomic mass is 10.3. The fourth-order valence-corrected chi connectivity index (χ4v) is 1.75. The Morgan fingerprint density at radius 1 is 1.40 bits per heavy atom. The summed E-state index contributed by atoms with van der Waals surface area (Å²) in [5, 5.41) is 0. The number of hydrogen-bond donors (Lipinski definition) is 0. The number of ether oxygens (including phenoxy) is 2. The number of hydrogen-bond acceptors (Lipinski definition) is 6. The topological polar surface area (TPSA) is 87.0 Å². The second kappa shape index (κ2) is 5.52.